The summed E-state index contributed by atoms with van der Waals surface area (Å²) in [6, 6.07) is 5.32. The first-order valence-corrected chi connectivity index (χ1v) is 7.79. The largest absolute Gasteiger partial charge is 0.484 e. The molecule has 1 aliphatic heterocycles. The van der Waals surface area contributed by atoms with Crippen molar-refractivity contribution < 1.29 is 31.1 Å². The van der Waals surface area contributed by atoms with E-state index in [-0.39, 0.29) is 18.7 Å². The van der Waals surface area contributed by atoms with Crippen LogP contribution in [-0.2, 0) is 14.8 Å². The van der Waals surface area contributed by atoms with Gasteiger partial charge in [0, 0.05) is 18.7 Å². The quantitative estimate of drug-likeness (QED) is 0.888. The molecule has 1 heterocycles. The van der Waals surface area contributed by atoms with Crippen LogP contribution in [0.3, 0.4) is 0 Å². The molecule has 1 fully saturated rings. The summed E-state index contributed by atoms with van der Waals surface area (Å²) in [5.74, 6) is -0.418. The lowest BCUT2D eigenvalue weighted by Gasteiger charge is -2.17. The number of hydrogen-bond donors (Lipinski definition) is 1. The fourth-order valence-electron chi connectivity index (χ4n) is 2.03. The number of nitrogens with zero attached hydrogens (tertiary/aromatic N) is 1. The lowest BCUT2D eigenvalue weighted by atomic mass is 10.3. The number of benzene rings is 1. The molecule has 1 aliphatic rings. The molecule has 1 saturated heterocycles. The number of carbonyl (C=O) groups is 1. The number of primary sulfonamides is 1. The van der Waals surface area contributed by atoms with Crippen LogP contribution in [0.2, 0.25) is 0 Å². The second-order valence-electron chi connectivity index (χ2n) is 4.82. The van der Waals surface area contributed by atoms with Crippen LogP contribution < -0.4 is 14.8 Å². The SMILES string of the molecule is NS(=O)(=O)C1CC(=O)N(c2ccc(OCC(F)(F)F)cc2)C1. The first-order valence-electron chi connectivity index (χ1n) is 6.18. The van der Waals surface area contributed by atoms with Crippen molar-refractivity contribution in [3.63, 3.8) is 0 Å². The summed E-state index contributed by atoms with van der Waals surface area (Å²) in [5, 5.41) is 4.03. The van der Waals surface area contributed by atoms with Crippen molar-refractivity contribution in [3.05, 3.63) is 24.3 Å². The molecular weight excluding hydrogens is 325 g/mol. The van der Waals surface area contributed by atoms with Gasteiger partial charge in [0.05, 0.1) is 0 Å². The Labute approximate surface area is 124 Å². The Hall–Kier alpha value is -1.81. The highest BCUT2D eigenvalue weighted by molar-refractivity contribution is 7.89. The van der Waals surface area contributed by atoms with Crippen molar-refractivity contribution in [3.8, 4) is 5.75 Å². The van der Waals surface area contributed by atoms with E-state index in [1.807, 2.05) is 0 Å². The van der Waals surface area contributed by atoms with Crippen molar-refractivity contribution in [1.29, 1.82) is 0 Å². The molecule has 10 heteroatoms. The average molecular weight is 338 g/mol. The standard InChI is InChI=1S/C12H13F3N2O4S/c13-12(14,15)7-21-9-3-1-8(2-4-9)17-6-10(5-11(17)18)22(16,19)20/h1-4,10H,5-7H2,(H2,16,19,20). The maximum absolute atomic E-state index is 12.0. The predicted octanol–water partition coefficient (Wildman–Crippen LogP) is 1.02. The first-order chi connectivity index (χ1) is 10.1. The molecule has 1 atom stereocenters. The number of sulfonamides is 1. The van der Waals surface area contributed by atoms with Crippen molar-refractivity contribution in [2.75, 3.05) is 18.1 Å². The Bertz CT molecular complexity index is 658. The van der Waals surface area contributed by atoms with Gasteiger partial charge < -0.3 is 9.64 Å². The maximum Gasteiger partial charge on any atom is 0.422 e. The van der Waals surface area contributed by atoms with Crippen LogP contribution in [0.1, 0.15) is 6.42 Å². The molecule has 0 bridgehead atoms. The number of ether oxygens (including phenoxy) is 1. The van der Waals surface area contributed by atoms with Gasteiger partial charge in [-0.15, -0.1) is 0 Å². The minimum absolute atomic E-state index is 0.00397. The molecule has 0 radical (unpaired) electrons. The lowest BCUT2D eigenvalue weighted by Crippen LogP contribution is -2.32. The third kappa shape index (κ3) is 4.10. The van der Waals surface area contributed by atoms with E-state index in [1.54, 1.807) is 0 Å². The summed E-state index contributed by atoms with van der Waals surface area (Å²) >= 11 is 0. The van der Waals surface area contributed by atoms with E-state index in [2.05, 4.69) is 4.74 Å². The third-order valence-electron chi connectivity index (χ3n) is 3.11. The fraction of sp³-hybridized carbons (Fsp3) is 0.417. The molecule has 1 amide bonds. The van der Waals surface area contributed by atoms with Gasteiger partial charge in [-0.2, -0.15) is 13.2 Å². The number of halogens is 3. The molecule has 6 nitrogen and oxygen atoms in total. The first kappa shape index (κ1) is 16.6. The van der Waals surface area contributed by atoms with Gasteiger partial charge in [-0.05, 0) is 24.3 Å². The van der Waals surface area contributed by atoms with Gasteiger partial charge in [0.1, 0.15) is 11.0 Å². The zero-order valence-electron chi connectivity index (χ0n) is 11.2. The summed E-state index contributed by atoms with van der Waals surface area (Å²) in [5.41, 5.74) is 0.371. The van der Waals surface area contributed by atoms with E-state index >= 15 is 0 Å². The molecule has 0 saturated carbocycles. The van der Waals surface area contributed by atoms with E-state index in [0.29, 0.717) is 5.69 Å². The summed E-state index contributed by atoms with van der Waals surface area (Å²) < 4.78 is 63.1. The Kier molecular flexibility index (Phi) is 4.34. The van der Waals surface area contributed by atoms with Gasteiger partial charge in [-0.25, -0.2) is 13.6 Å². The molecule has 0 spiro atoms. The number of rotatable bonds is 4. The molecule has 22 heavy (non-hydrogen) atoms. The van der Waals surface area contributed by atoms with Crippen LogP contribution in [0.25, 0.3) is 0 Å². The number of hydrogen-bond acceptors (Lipinski definition) is 4. The Morgan fingerprint density at radius 3 is 2.32 bits per heavy atom. The number of carbonyl (C=O) groups excluding carboxylic acids is 1. The lowest BCUT2D eigenvalue weighted by molar-refractivity contribution is -0.153. The Balaban J connectivity index is 2.06. The van der Waals surface area contributed by atoms with Crippen molar-refractivity contribution >= 4 is 21.6 Å². The van der Waals surface area contributed by atoms with Crippen LogP contribution in [0, 0.1) is 0 Å². The van der Waals surface area contributed by atoms with Gasteiger partial charge in [0.15, 0.2) is 6.61 Å². The van der Waals surface area contributed by atoms with Crippen molar-refractivity contribution in [1.82, 2.24) is 0 Å². The number of amides is 1. The predicted molar refractivity (Wildman–Crippen MR) is 71.9 cm³/mol. The molecule has 1 aromatic carbocycles. The highest BCUT2D eigenvalue weighted by Gasteiger charge is 2.37. The monoisotopic (exact) mass is 338 g/mol. The van der Waals surface area contributed by atoms with E-state index in [0.717, 1.165) is 0 Å². The Morgan fingerprint density at radius 1 is 1.27 bits per heavy atom. The van der Waals surface area contributed by atoms with E-state index in [1.165, 1.54) is 29.2 Å². The van der Waals surface area contributed by atoms with Gasteiger partial charge in [-0.3, -0.25) is 4.79 Å². The molecular formula is C12H13F3N2O4S. The van der Waals surface area contributed by atoms with Crippen LogP contribution in [-0.4, -0.2) is 38.9 Å². The average Bonchev–Trinajstić information content (AvgIpc) is 2.78. The summed E-state index contributed by atoms with van der Waals surface area (Å²) in [6.07, 6.45) is -4.66. The second-order valence-corrected chi connectivity index (χ2v) is 6.66. The number of nitrogens with two attached hydrogens (primary N) is 1. The van der Waals surface area contributed by atoms with Crippen LogP contribution >= 0.6 is 0 Å². The van der Waals surface area contributed by atoms with Crippen molar-refractivity contribution in [2.24, 2.45) is 5.14 Å². The third-order valence-corrected chi connectivity index (χ3v) is 4.35. The highest BCUT2D eigenvalue weighted by Crippen LogP contribution is 2.26. The van der Waals surface area contributed by atoms with Crippen LogP contribution in [0.4, 0.5) is 18.9 Å². The van der Waals surface area contributed by atoms with Crippen LogP contribution in [0.5, 0.6) is 5.75 Å². The number of alkyl halides is 3. The topological polar surface area (TPSA) is 89.7 Å². The summed E-state index contributed by atoms with van der Waals surface area (Å²) in [4.78, 5) is 13.0. The second kappa shape index (κ2) is 5.76. The molecule has 0 aromatic heterocycles. The van der Waals surface area contributed by atoms with Gasteiger partial charge in [0.25, 0.3) is 0 Å². The molecule has 2 N–H and O–H groups in total. The minimum atomic E-state index is -4.44. The number of anilines is 1. The highest BCUT2D eigenvalue weighted by atomic mass is 32.2. The molecule has 0 aliphatic carbocycles. The summed E-state index contributed by atoms with van der Waals surface area (Å²) in [7, 11) is -3.82. The Morgan fingerprint density at radius 2 is 1.86 bits per heavy atom. The zero-order chi connectivity index (χ0) is 16.5. The minimum Gasteiger partial charge on any atom is -0.484 e. The van der Waals surface area contributed by atoms with E-state index in [9.17, 15) is 26.4 Å². The zero-order valence-corrected chi connectivity index (χ0v) is 12.0. The van der Waals surface area contributed by atoms with Gasteiger partial charge in [0.2, 0.25) is 15.9 Å². The molecule has 1 unspecified atom stereocenters. The van der Waals surface area contributed by atoms with E-state index in [4.69, 9.17) is 5.14 Å². The molecule has 2 rings (SSSR count). The van der Waals surface area contributed by atoms with E-state index < -0.39 is 34.0 Å². The summed E-state index contributed by atoms with van der Waals surface area (Å²) in [6.45, 7) is -1.50. The fourth-order valence-corrected chi connectivity index (χ4v) is 2.76. The normalized spacial score (nSPS) is 19.5. The van der Waals surface area contributed by atoms with Gasteiger partial charge >= 0.3 is 6.18 Å². The van der Waals surface area contributed by atoms with Crippen molar-refractivity contribution in [2.45, 2.75) is 17.8 Å². The molecule has 122 valence electrons. The maximum atomic E-state index is 12.0. The van der Waals surface area contributed by atoms with Gasteiger partial charge in [-0.1, -0.05) is 0 Å². The molecule has 1 aromatic rings. The smallest absolute Gasteiger partial charge is 0.422 e. The van der Waals surface area contributed by atoms with Crippen LogP contribution in [0.15, 0.2) is 24.3 Å².